The average molecular weight is 321 g/mol. The van der Waals surface area contributed by atoms with Gasteiger partial charge in [-0.2, -0.15) is 4.98 Å². The average Bonchev–Trinajstić information content (AvgIpc) is 2.45. The SMILES string of the molecule is Cc1cc(N2CCCCC2C)nc(NC(=S)NCC(C)C)n1. The molecule has 1 atom stereocenters. The summed E-state index contributed by atoms with van der Waals surface area (Å²) in [7, 11) is 0. The monoisotopic (exact) mass is 321 g/mol. The van der Waals surface area contributed by atoms with Gasteiger partial charge in [-0.1, -0.05) is 13.8 Å². The number of anilines is 2. The fourth-order valence-electron chi connectivity index (χ4n) is 2.64. The van der Waals surface area contributed by atoms with E-state index in [0.29, 0.717) is 23.0 Å². The first kappa shape index (κ1) is 16.9. The fraction of sp³-hybridized carbons (Fsp3) is 0.688. The summed E-state index contributed by atoms with van der Waals surface area (Å²) >= 11 is 5.30. The summed E-state index contributed by atoms with van der Waals surface area (Å²) in [5.74, 6) is 2.12. The Labute approximate surface area is 138 Å². The summed E-state index contributed by atoms with van der Waals surface area (Å²) in [6.45, 7) is 10.5. The van der Waals surface area contributed by atoms with Crippen molar-refractivity contribution in [2.45, 2.75) is 53.0 Å². The molecule has 0 aliphatic carbocycles. The van der Waals surface area contributed by atoms with Gasteiger partial charge in [0, 0.05) is 30.9 Å². The minimum Gasteiger partial charge on any atom is -0.362 e. The molecule has 1 fully saturated rings. The highest BCUT2D eigenvalue weighted by Gasteiger charge is 2.20. The van der Waals surface area contributed by atoms with Crippen LogP contribution in [0.5, 0.6) is 0 Å². The van der Waals surface area contributed by atoms with E-state index in [1.165, 1.54) is 19.3 Å². The first-order chi connectivity index (χ1) is 10.5. The first-order valence-corrected chi connectivity index (χ1v) is 8.53. The van der Waals surface area contributed by atoms with Gasteiger partial charge >= 0.3 is 0 Å². The molecule has 122 valence electrons. The van der Waals surface area contributed by atoms with Crippen LogP contribution in [-0.2, 0) is 0 Å². The van der Waals surface area contributed by atoms with Crippen molar-refractivity contribution in [3.05, 3.63) is 11.8 Å². The molecular weight excluding hydrogens is 294 g/mol. The molecule has 1 aliphatic heterocycles. The molecule has 0 amide bonds. The van der Waals surface area contributed by atoms with Crippen molar-refractivity contribution in [2.75, 3.05) is 23.3 Å². The molecule has 6 heteroatoms. The van der Waals surface area contributed by atoms with Crippen LogP contribution in [0.4, 0.5) is 11.8 Å². The molecule has 0 aromatic carbocycles. The molecule has 1 aromatic rings. The molecule has 5 nitrogen and oxygen atoms in total. The Morgan fingerprint density at radius 3 is 2.86 bits per heavy atom. The lowest BCUT2D eigenvalue weighted by Crippen LogP contribution is -2.38. The predicted molar refractivity (Wildman–Crippen MR) is 96.5 cm³/mol. The Kier molecular flexibility index (Phi) is 5.94. The summed E-state index contributed by atoms with van der Waals surface area (Å²) in [6.07, 6.45) is 3.75. The third kappa shape index (κ3) is 4.80. The Hall–Kier alpha value is -1.43. The largest absolute Gasteiger partial charge is 0.362 e. The third-order valence-electron chi connectivity index (χ3n) is 3.83. The van der Waals surface area contributed by atoms with Gasteiger partial charge in [0.1, 0.15) is 5.82 Å². The summed E-state index contributed by atoms with van der Waals surface area (Å²) in [5, 5.41) is 6.87. The van der Waals surface area contributed by atoms with Crippen LogP contribution in [0.2, 0.25) is 0 Å². The van der Waals surface area contributed by atoms with Crippen molar-refractivity contribution in [3.8, 4) is 0 Å². The Morgan fingerprint density at radius 1 is 1.41 bits per heavy atom. The molecular formula is C16H27N5S. The van der Waals surface area contributed by atoms with E-state index in [1.807, 2.05) is 6.92 Å². The van der Waals surface area contributed by atoms with Crippen LogP contribution in [0.1, 0.15) is 45.7 Å². The van der Waals surface area contributed by atoms with E-state index in [4.69, 9.17) is 12.2 Å². The van der Waals surface area contributed by atoms with E-state index in [0.717, 1.165) is 24.6 Å². The summed E-state index contributed by atoms with van der Waals surface area (Å²) in [4.78, 5) is 11.5. The second kappa shape index (κ2) is 7.72. The van der Waals surface area contributed by atoms with Gasteiger partial charge in [-0.3, -0.25) is 0 Å². The summed E-state index contributed by atoms with van der Waals surface area (Å²) in [5.41, 5.74) is 0.955. The van der Waals surface area contributed by atoms with E-state index in [-0.39, 0.29) is 0 Å². The van der Waals surface area contributed by atoms with Crippen molar-refractivity contribution in [2.24, 2.45) is 5.92 Å². The number of nitrogens with zero attached hydrogens (tertiary/aromatic N) is 3. The first-order valence-electron chi connectivity index (χ1n) is 8.13. The number of aromatic nitrogens is 2. The highest BCUT2D eigenvalue weighted by atomic mass is 32.1. The van der Waals surface area contributed by atoms with Crippen molar-refractivity contribution in [1.82, 2.24) is 15.3 Å². The van der Waals surface area contributed by atoms with Crippen LogP contribution in [0.15, 0.2) is 6.07 Å². The number of hydrogen-bond acceptors (Lipinski definition) is 4. The molecule has 0 spiro atoms. The van der Waals surface area contributed by atoms with Crippen molar-refractivity contribution < 1.29 is 0 Å². The third-order valence-corrected chi connectivity index (χ3v) is 4.08. The van der Waals surface area contributed by atoms with E-state index < -0.39 is 0 Å². The van der Waals surface area contributed by atoms with Crippen LogP contribution >= 0.6 is 12.2 Å². The summed E-state index contributed by atoms with van der Waals surface area (Å²) in [6, 6.07) is 2.58. The number of nitrogens with one attached hydrogen (secondary N) is 2. The van der Waals surface area contributed by atoms with Crippen molar-refractivity contribution in [3.63, 3.8) is 0 Å². The second-order valence-corrected chi connectivity index (χ2v) is 6.87. The molecule has 1 unspecified atom stereocenters. The molecule has 0 bridgehead atoms. The van der Waals surface area contributed by atoms with E-state index in [9.17, 15) is 0 Å². The Bertz CT molecular complexity index is 517. The minimum absolute atomic E-state index is 0.530. The lowest BCUT2D eigenvalue weighted by molar-refractivity contribution is 0.481. The lowest BCUT2D eigenvalue weighted by Gasteiger charge is -2.34. The molecule has 2 heterocycles. The second-order valence-electron chi connectivity index (χ2n) is 6.46. The van der Waals surface area contributed by atoms with Crippen LogP contribution in [-0.4, -0.2) is 34.2 Å². The number of hydrogen-bond donors (Lipinski definition) is 2. The van der Waals surface area contributed by atoms with Gasteiger partial charge < -0.3 is 15.5 Å². The van der Waals surface area contributed by atoms with Gasteiger partial charge in [0.2, 0.25) is 5.95 Å². The standard InChI is InChI=1S/C16H27N5S/c1-11(2)10-17-16(22)20-15-18-12(3)9-14(19-15)21-8-6-5-7-13(21)4/h9,11,13H,5-8,10H2,1-4H3,(H2,17,18,19,20,22). The summed E-state index contributed by atoms with van der Waals surface area (Å²) < 4.78 is 0. The zero-order valence-electron chi connectivity index (χ0n) is 14.0. The van der Waals surface area contributed by atoms with Gasteiger partial charge in [-0.25, -0.2) is 4.98 Å². The van der Waals surface area contributed by atoms with E-state index in [1.54, 1.807) is 0 Å². The highest BCUT2D eigenvalue weighted by molar-refractivity contribution is 7.80. The van der Waals surface area contributed by atoms with Crippen LogP contribution < -0.4 is 15.5 Å². The quantitative estimate of drug-likeness (QED) is 0.831. The molecule has 1 saturated heterocycles. The number of piperidine rings is 1. The number of aryl methyl sites for hydroxylation is 1. The van der Waals surface area contributed by atoms with Crippen molar-refractivity contribution in [1.29, 1.82) is 0 Å². The fourth-order valence-corrected chi connectivity index (χ4v) is 2.81. The van der Waals surface area contributed by atoms with Crippen LogP contribution in [0.3, 0.4) is 0 Å². The van der Waals surface area contributed by atoms with Crippen LogP contribution in [0.25, 0.3) is 0 Å². The molecule has 22 heavy (non-hydrogen) atoms. The molecule has 1 aliphatic rings. The molecule has 0 radical (unpaired) electrons. The maximum absolute atomic E-state index is 5.30. The van der Waals surface area contributed by atoms with Gasteiger partial charge in [0.05, 0.1) is 0 Å². The van der Waals surface area contributed by atoms with Gasteiger partial charge in [-0.15, -0.1) is 0 Å². The number of thiocarbonyl (C=S) groups is 1. The number of rotatable bonds is 4. The molecule has 0 saturated carbocycles. The molecule has 2 rings (SSSR count). The Balaban J connectivity index is 2.07. The molecule has 1 aromatic heterocycles. The van der Waals surface area contributed by atoms with Crippen LogP contribution in [0, 0.1) is 12.8 Å². The van der Waals surface area contributed by atoms with Gasteiger partial charge in [-0.05, 0) is 51.2 Å². The molecule has 2 N–H and O–H groups in total. The van der Waals surface area contributed by atoms with Gasteiger partial charge in [0.15, 0.2) is 5.11 Å². The predicted octanol–water partition coefficient (Wildman–Crippen LogP) is 3.11. The zero-order chi connectivity index (χ0) is 16.1. The smallest absolute Gasteiger partial charge is 0.231 e. The van der Waals surface area contributed by atoms with Crippen molar-refractivity contribution >= 4 is 29.1 Å². The Morgan fingerprint density at radius 2 is 2.18 bits per heavy atom. The van der Waals surface area contributed by atoms with E-state index >= 15 is 0 Å². The maximum atomic E-state index is 5.30. The minimum atomic E-state index is 0.530. The maximum Gasteiger partial charge on any atom is 0.231 e. The lowest BCUT2D eigenvalue weighted by atomic mass is 10.0. The zero-order valence-corrected chi connectivity index (χ0v) is 14.8. The highest BCUT2D eigenvalue weighted by Crippen LogP contribution is 2.24. The topological polar surface area (TPSA) is 53.1 Å². The van der Waals surface area contributed by atoms with E-state index in [2.05, 4.69) is 52.3 Å². The van der Waals surface area contributed by atoms with Gasteiger partial charge in [0.25, 0.3) is 0 Å². The normalized spacial score (nSPS) is 18.4.